The number of carboxylic acid groups (broad SMARTS) is 1. The van der Waals surface area contributed by atoms with Crippen molar-refractivity contribution >= 4 is 5.97 Å². The van der Waals surface area contributed by atoms with E-state index in [0.29, 0.717) is 28.7 Å². The van der Waals surface area contributed by atoms with Gasteiger partial charge in [-0.15, -0.1) is 0 Å². The molecule has 0 aromatic carbocycles. The quantitative estimate of drug-likeness (QED) is 0.804. The van der Waals surface area contributed by atoms with Gasteiger partial charge >= 0.3 is 5.97 Å². The van der Waals surface area contributed by atoms with Gasteiger partial charge in [0, 0.05) is 12.6 Å². The summed E-state index contributed by atoms with van der Waals surface area (Å²) in [6.07, 6.45) is 0. The number of oxazole rings is 1. The molecule has 0 aliphatic rings. The number of aryl methyl sites for hydroxylation is 3. The van der Waals surface area contributed by atoms with E-state index >= 15 is 0 Å². The van der Waals surface area contributed by atoms with Gasteiger partial charge < -0.3 is 9.52 Å². The average molecular weight is 221 g/mol. The molecule has 2 N–H and O–H groups in total. The number of aromatic amines is 1. The Balaban J connectivity index is 2.65. The molecule has 0 aliphatic carbocycles. The molecule has 0 aliphatic heterocycles. The van der Waals surface area contributed by atoms with Crippen LogP contribution in [0.2, 0.25) is 0 Å². The third kappa shape index (κ3) is 1.48. The molecule has 0 saturated heterocycles. The number of hydrogen-bond acceptors (Lipinski definition) is 4. The largest absolute Gasteiger partial charge is 0.478 e. The summed E-state index contributed by atoms with van der Waals surface area (Å²) in [5, 5.41) is 15.7. The lowest BCUT2D eigenvalue weighted by atomic mass is 10.1. The Labute approximate surface area is 91.3 Å². The Hall–Kier alpha value is -2.11. The maximum atomic E-state index is 11.1. The fourth-order valence-electron chi connectivity index (χ4n) is 1.61. The van der Waals surface area contributed by atoms with Crippen molar-refractivity contribution in [3.8, 4) is 11.4 Å². The van der Waals surface area contributed by atoms with Gasteiger partial charge in [0.1, 0.15) is 22.7 Å². The average Bonchev–Trinajstić information content (AvgIpc) is 2.69. The van der Waals surface area contributed by atoms with Crippen LogP contribution < -0.4 is 0 Å². The molecular formula is C10H11N3O3. The first-order chi connectivity index (χ1) is 7.50. The van der Waals surface area contributed by atoms with Crippen molar-refractivity contribution in [3.05, 3.63) is 22.9 Å². The lowest BCUT2D eigenvalue weighted by Crippen LogP contribution is -2.00. The molecule has 16 heavy (non-hydrogen) atoms. The molecule has 84 valence electrons. The molecule has 0 amide bonds. The van der Waals surface area contributed by atoms with Crippen molar-refractivity contribution in [2.24, 2.45) is 0 Å². The minimum atomic E-state index is -1.03. The second-order valence-corrected chi connectivity index (χ2v) is 3.52. The summed E-state index contributed by atoms with van der Waals surface area (Å²) in [5.74, 6) is 0.0253. The number of rotatable bonds is 2. The van der Waals surface area contributed by atoms with Crippen LogP contribution in [-0.4, -0.2) is 26.3 Å². The van der Waals surface area contributed by atoms with E-state index in [4.69, 9.17) is 9.52 Å². The van der Waals surface area contributed by atoms with E-state index < -0.39 is 5.97 Å². The summed E-state index contributed by atoms with van der Waals surface area (Å²) in [6.45, 7) is 5.09. The van der Waals surface area contributed by atoms with E-state index in [-0.39, 0.29) is 5.56 Å². The number of hydrogen-bond donors (Lipinski definition) is 2. The second-order valence-electron chi connectivity index (χ2n) is 3.52. The standard InChI is InChI=1S/C10H11N3O3/c1-4-7(10(14)15)9(13-12-4)8-5(2)16-6(3)11-8/h1-3H3,(H,12,13)(H,14,15). The lowest BCUT2D eigenvalue weighted by molar-refractivity contribution is 0.0697. The van der Waals surface area contributed by atoms with Crippen LogP contribution in [0.1, 0.15) is 27.7 Å². The van der Waals surface area contributed by atoms with Crippen LogP contribution in [0.15, 0.2) is 4.42 Å². The molecule has 0 atom stereocenters. The first kappa shape index (κ1) is 10.4. The van der Waals surface area contributed by atoms with Crippen LogP contribution in [0.3, 0.4) is 0 Å². The molecular weight excluding hydrogens is 210 g/mol. The highest BCUT2D eigenvalue weighted by Gasteiger charge is 2.22. The normalized spacial score (nSPS) is 10.7. The smallest absolute Gasteiger partial charge is 0.339 e. The monoisotopic (exact) mass is 221 g/mol. The van der Waals surface area contributed by atoms with Gasteiger partial charge in [-0.2, -0.15) is 5.10 Å². The third-order valence-electron chi connectivity index (χ3n) is 2.29. The molecule has 2 aromatic heterocycles. The number of nitrogens with one attached hydrogen (secondary N) is 1. The van der Waals surface area contributed by atoms with Gasteiger partial charge in [-0.1, -0.05) is 0 Å². The van der Waals surface area contributed by atoms with Crippen LogP contribution in [0.4, 0.5) is 0 Å². The van der Waals surface area contributed by atoms with Crippen molar-refractivity contribution in [2.75, 3.05) is 0 Å². The lowest BCUT2D eigenvalue weighted by Gasteiger charge is -1.95. The van der Waals surface area contributed by atoms with Crippen molar-refractivity contribution in [1.29, 1.82) is 0 Å². The highest BCUT2D eigenvalue weighted by molar-refractivity contribution is 5.95. The van der Waals surface area contributed by atoms with E-state index in [2.05, 4.69) is 15.2 Å². The summed E-state index contributed by atoms with van der Waals surface area (Å²) < 4.78 is 5.25. The van der Waals surface area contributed by atoms with Crippen LogP contribution in [0.5, 0.6) is 0 Å². The summed E-state index contributed by atoms with van der Waals surface area (Å²) in [6, 6.07) is 0. The van der Waals surface area contributed by atoms with Crippen molar-refractivity contribution < 1.29 is 14.3 Å². The number of aromatic nitrogens is 3. The zero-order valence-electron chi connectivity index (χ0n) is 9.16. The van der Waals surface area contributed by atoms with Gasteiger partial charge in [-0.25, -0.2) is 9.78 Å². The first-order valence-electron chi connectivity index (χ1n) is 4.73. The summed E-state index contributed by atoms with van der Waals surface area (Å²) in [5.41, 5.74) is 1.43. The van der Waals surface area contributed by atoms with Crippen LogP contribution in [-0.2, 0) is 0 Å². The predicted molar refractivity (Wildman–Crippen MR) is 55.3 cm³/mol. The number of nitrogens with zero attached hydrogens (tertiary/aromatic N) is 2. The van der Waals surface area contributed by atoms with Gasteiger partial charge in [0.15, 0.2) is 5.89 Å². The van der Waals surface area contributed by atoms with Gasteiger partial charge in [0.05, 0.1) is 0 Å². The van der Waals surface area contributed by atoms with Gasteiger partial charge in [-0.05, 0) is 13.8 Å². The van der Waals surface area contributed by atoms with Crippen LogP contribution in [0.25, 0.3) is 11.4 Å². The molecule has 0 bridgehead atoms. The highest BCUT2D eigenvalue weighted by atomic mass is 16.4. The number of H-pyrrole nitrogens is 1. The molecule has 0 spiro atoms. The Morgan fingerprint density at radius 3 is 2.50 bits per heavy atom. The molecule has 0 unspecified atom stereocenters. The van der Waals surface area contributed by atoms with Crippen LogP contribution in [0, 0.1) is 20.8 Å². The zero-order chi connectivity index (χ0) is 11.9. The third-order valence-corrected chi connectivity index (χ3v) is 2.29. The van der Waals surface area contributed by atoms with Gasteiger partial charge in [-0.3, -0.25) is 5.10 Å². The first-order valence-corrected chi connectivity index (χ1v) is 4.73. The van der Waals surface area contributed by atoms with E-state index in [9.17, 15) is 4.79 Å². The fraction of sp³-hybridized carbons (Fsp3) is 0.300. The predicted octanol–water partition coefficient (Wildman–Crippen LogP) is 1.69. The van der Waals surface area contributed by atoms with E-state index in [1.807, 2.05) is 0 Å². The maximum absolute atomic E-state index is 11.1. The molecule has 2 heterocycles. The zero-order valence-corrected chi connectivity index (χ0v) is 9.16. The molecule has 2 rings (SSSR count). The molecule has 0 saturated carbocycles. The molecule has 0 fully saturated rings. The Morgan fingerprint density at radius 2 is 2.00 bits per heavy atom. The summed E-state index contributed by atoms with van der Waals surface area (Å²) in [7, 11) is 0. The Bertz CT molecular complexity index is 554. The van der Waals surface area contributed by atoms with Crippen LogP contribution >= 0.6 is 0 Å². The summed E-state index contributed by atoms with van der Waals surface area (Å²) >= 11 is 0. The topological polar surface area (TPSA) is 92.0 Å². The Kier molecular flexibility index (Phi) is 2.26. The number of aromatic carboxylic acids is 1. The highest BCUT2D eigenvalue weighted by Crippen LogP contribution is 2.26. The molecule has 6 heteroatoms. The Morgan fingerprint density at radius 1 is 1.31 bits per heavy atom. The number of carbonyl (C=O) groups is 1. The molecule has 0 radical (unpaired) electrons. The molecule has 6 nitrogen and oxygen atoms in total. The minimum absolute atomic E-state index is 0.136. The van der Waals surface area contributed by atoms with E-state index in [1.54, 1.807) is 20.8 Å². The van der Waals surface area contributed by atoms with Gasteiger partial charge in [0.2, 0.25) is 0 Å². The van der Waals surface area contributed by atoms with Crippen molar-refractivity contribution in [2.45, 2.75) is 20.8 Å². The van der Waals surface area contributed by atoms with E-state index in [1.165, 1.54) is 0 Å². The second kappa shape index (κ2) is 3.48. The molecule has 2 aromatic rings. The van der Waals surface area contributed by atoms with Gasteiger partial charge in [0.25, 0.3) is 0 Å². The van der Waals surface area contributed by atoms with Crippen molar-refractivity contribution in [3.63, 3.8) is 0 Å². The fourth-order valence-corrected chi connectivity index (χ4v) is 1.61. The number of carboxylic acids is 1. The maximum Gasteiger partial charge on any atom is 0.339 e. The summed E-state index contributed by atoms with van der Waals surface area (Å²) in [4.78, 5) is 15.2. The van der Waals surface area contributed by atoms with E-state index in [0.717, 1.165) is 0 Å². The SMILES string of the molecule is Cc1nc(-c2n[nH]c(C)c2C(=O)O)c(C)o1. The minimum Gasteiger partial charge on any atom is -0.478 e. The van der Waals surface area contributed by atoms with Crippen molar-refractivity contribution in [1.82, 2.24) is 15.2 Å².